The van der Waals surface area contributed by atoms with Crippen molar-refractivity contribution in [3.8, 4) is 0 Å². The average molecular weight is 296 g/mol. The van der Waals surface area contributed by atoms with Crippen LogP contribution in [0.4, 0.5) is 0 Å². The first-order valence-electron chi connectivity index (χ1n) is 7.26. The normalized spacial score (nSPS) is 20.7. The van der Waals surface area contributed by atoms with Crippen LogP contribution >= 0.6 is 0 Å². The average Bonchev–Trinajstić information content (AvgIpc) is 2.87. The van der Waals surface area contributed by atoms with Crippen molar-refractivity contribution in [1.82, 2.24) is 4.31 Å². The van der Waals surface area contributed by atoms with Crippen LogP contribution in [0.3, 0.4) is 0 Å². The summed E-state index contributed by atoms with van der Waals surface area (Å²) in [5.74, 6) is 0.567. The molecular weight excluding hydrogens is 272 g/mol. The Hall–Kier alpha value is -0.910. The highest BCUT2D eigenvalue weighted by Gasteiger charge is 2.34. The monoisotopic (exact) mass is 296 g/mol. The molecule has 0 aromatic heterocycles. The summed E-state index contributed by atoms with van der Waals surface area (Å²) in [4.78, 5) is 0.380. The summed E-state index contributed by atoms with van der Waals surface area (Å²) in [6, 6.07) is 7.23. The Morgan fingerprint density at radius 3 is 2.50 bits per heavy atom. The first kappa shape index (κ1) is 15.5. The van der Waals surface area contributed by atoms with Gasteiger partial charge >= 0.3 is 0 Å². The molecule has 0 saturated carbocycles. The van der Waals surface area contributed by atoms with Gasteiger partial charge in [0, 0.05) is 19.1 Å². The summed E-state index contributed by atoms with van der Waals surface area (Å²) in [5, 5.41) is 0. The predicted molar refractivity (Wildman–Crippen MR) is 81.0 cm³/mol. The Balaban J connectivity index is 2.21. The Morgan fingerprint density at radius 1 is 1.30 bits per heavy atom. The van der Waals surface area contributed by atoms with Crippen LogP contribution in [-0.2, 0) is 16.4 Å². The molecule has 0 spiro atoms. The van der Waals surface area contributed by atoms with Gasteiger partial charge in [-0.05, 0) is 42.9 Å². The quantitative estimate of drug-likeness (QED) is 0.904. The van der Waals surface area contributed by atoms with Crippen molar-refractivity contribution in [3.05, 3.63) is 29.8 Å². The molecule has 0 aliphatic carbocycles. The summed E-state index contributed by atoms with van der Waals surface area (Å²) in [5.41, 5.74) is 6.85. The molecule has 1 saturated heterocycles. The van der Waals surface area contributed by atoms with Gasteiger partial charge in [0.15, 0.2) is 0 Å². The van der Waals surface area contributed by atoms with E-state index < -0.39 is 10.0 Å². The Kier molecular flexibility index (Phi) is 4.83. The third-order valence-corrected chi connectivity index (χ3v) is 5.74. The van der Waals surface area contributed by atoms with E-state index in [4.69, 9.17) is 5.73 Å². The summed E-state index contributed by atoms with van der Waals surface area (Å²) >= 11 is 0. The Morgan fingerprint density at radius 2 is 1.95 bits per heavy atom. The second kappa shape index (κ2) is 6.24. The van der Waals surface area contributed by atoms with Gasteiger partial charge in [-0.2, -0.15) is 4.31 Å². The lowest BCUT2D eigenvalue weighted by Crippen LogP contribution is -2.39. The molecule has 1 heterocycles. The fourth-order valence-electron chi connectivity index (χ4n) is 2.77. The summed E-state index contributed by atoms with van der Waals surface area (Å²) in [7, 11) is -3.39. The molecule has 2 N–H and O–H groups in total. The van der Waals surface area contributed by atoms with E-state index in [9.17, 15) is 8.42 Å². The second-order valence-electron chi connectivity index (χ2n) is 5.89. The molecule has 1 atom stereocenters. The molecule has 1 unspecified atom stereocenters. The molecular formula is C15H24N2O2S. The van der Waals surface area contributed by atoms with Crippen molar-refractivity contribution in [2.45, 2.75) is 44.0 Å². The molecule has 1 fully saturated rings. The molecule has 1 aromatic carbocycles. The molecule has 5 heteroatoms. The molecule has 4 nitrogen and oxygen atoms in total. The van der Waals surface area contributed by atoms with Crippen molar-refractivity contribution in [1.29, 1.82) is 0 Å². The number of nitrogens with zero attached hydrogens (tertiary/aromatic N) is 1. The first-order valence-corrected chi connectivity index (χ1v) is 8.70. The number of rotatable bonds is 5. The van der Waals surface area contributed by atoms with E-state index in [2.05, 4.69) is 13.8 Å². The van der Waals surface area contributed by atoms with Gasteiger partial charge in [0.25, 0.3) is 0 Å². The van der Waals surface area contributed by atoms with Crippen molar-refractivity contribution >= 4 is 10.0 Å². The minimum atomic E-state index is -3.39. The molecule has 0 bridgehead atoms. The minimum absolute atomic E-state index is 0.0460. The third kappa shape index (κ3) is 3.22. The fourth-order valence-corrected chi connectivity index (χ4v) is 4.47. The van der Waals surface area contributed by atoms with Crippen LogP contribution in [0.15, 0.2) is 29.2 Å². The molecule has 112 valence electrons. The highest BCUT2D eigenvalue weighted by molar-refractivity contribution is 7.89. The van der Waals surface area contributed by atoms with Crippen molar-refractivity contribution in [2.75, 3.05) is 13.1 Å². The van der Waals surface area contributed by atoms with E-state index in [1.807, 2.05) is 12.1 Å². The zero-order valence-corrected chi connectivity index (χ0v) is 13.1. The van der Waals surface area contributed by atoms with E-state index in [-0.39, 0.29) is 6.04 Å². The van der Waals surface area contributed by atoms with Gasteiger partial charge in [0.05, 0.1) is 4.90 Å². The summed E-state index contributed by atoms with van der Waals surface area (Å²) in [6.07, 6.45) is 2.73. The Bertz CT molecular complexity index is 537. The van der Waals surface area contributed by atoms with Crippen LogP contribution in [0, 0.1) is 5.92 Å². The van der Waals surface area contributed by atoms with Gasteiger partial charge in [-0.25, -0.2) is 8.42 Å². The third-order valence-electron chi connectivity index (χ3n) is 3.77. The number of sulfonamides is 1. The molecule has 0 amide bonds. The van der Waals surface area contributed by atoms with Gasteiger partial charge in [-0.3, -0.25) is 0 Å². The van der Waals surface area contributed by atoms with E-state index in [0.29, 0.717) is 23.9 Å². The van der Waals surface area contributed by atoms with E-state index in [0.717, 1.165) is 19.3 Å². The zero-order valence-electron chi connectivity index (χ0n) is 12.2. The maximum atomic E-state index is 12.6. The largest absolute Gasteiger partial charge is 0.329 e. The maximum absolute atomic E-state index is 12.6. The fraction of sp³-hybridized carbons (Fsp3) is 0.600. The topological polar surface area (TPSA) is 63.4 Å². The lowest BCUT2D eigenvalue weighted by molar-refractivity contribution is 0.393. The van der Waals surface area contributed by atoms with E-state index >= 15 is 0 Å². The smallest absolute Gasteiger partial charge is 0.243 e. The van der Waals surface area contributed by atoms with Gasteiger partial charge in [-0.1, -0.05) is 26.0 Å². The number of benzene rings is 1. The van der Waals surface area contributed by atoms with Crippen LogP contribution in [0.1, 0.15) is 32.3 Å². The van der Waals surface area contributed by atoms with Crippen LogP contribution in [0.25, 0.3) is 0 Å². The van der Waals surface area contributed by atoms with Gasteiger partial charge in [0.1, 0.15) is 0 Å². The summed E-state index contributed by atoms with van der Waals surface area (Å²) < 4.78 is 26.8. The van der Waals surface area contributed by atoms with Crippen molar-refractivity contribution < 1.29 is 8.42 Å². The van der Waals surface area contributed by atoms with Crippen LogP contribution < -0.4 is 5.73 Å². The second-order valence-corrected chi connectivity index (χ2v) is 7.78. The zero-order chi connectivity index (χ0) is 14.8. The number of hydrogen-bond acceptors (Lipinski definition) is 3. The lowest BCUT2D eigenvalue weighted by Gasteiger charge is -2.23. The highest BCUT2D eigenvalue weighted by Crippen LogP contribution is 2.25. The molecule has 0 radical (unpaired) electrons. The molecule has 2 rings (SSSR count). The molecule has 20 heavy (non-hydrogen) atoms. The van der Waals surface area contributed by atoms with Crippen LogP contribution in [0.2, 0.25) is 0 Å². The minimum Gasteiger partial charge on any atom is -0.329 e. The highest BCUT2D eigenvalue weighted by atomic mass is 32.2. The van der Waals surface area contributed by atoms with E-state index in [1.165, 1.54) is 5.56 Å². The first-order chi connectivity index (χ1) is 9.45. The predicted octanol–water partition coefficient (Wildman–Crippen LogP) is 2.00. The lowest BCUT2D eigenvalue weighted by atomic mass is 10.0. The van der Waals surface area contributed by atoms with Crippen molar-refractivity contribution in [2.24, 2.45) is 11.7 Å². The Labute approximate surface area is 122 Å². The van der Waals surface area contributed by atoms with Crippen LogP contribution in [0.5, 0.6) is 0 Å². The number of hydrogen-bond donors (Lipinski definition) is 1. The molecule has 1 aromatic rings. The van der Waals surface area contributed by atoms with Crippen molar-refractivity contribution in [3.63, 3.8) is 0 Å². The SMILES string of the molecule is CC(C)Cc1ccc(S(=O)(=O)N2CCCC2CN)cc1. The van der Waals surface area contributed by atoms with Gasteiger partial charge < -0.3 is 5.73 Å². The maximum Gasteiger partial charge on any atom is 0.243 e. The number of nitrogens with two attached hydrogens (primary N) is 1. The van der Waals surface area contributed by atoms with E-state index in [1.54, 1.807) is 16.4 Å². The van der Waals surface area contributed by atoms with Gasteiger partial charge in [-0.15, -0.1) is 0 Å². The summed E-state index contributed by atoms with van der Waals surface area (Å²) in [6.45, 7) is 5.28. The van der Waals surface area contributed by atoms with Crippen LogP contribution in [-0.4, -0.2) is 31.9 Å². The molecule has 1 aliphatic rings. The standard InChI is InChI=1S/C15H24N2O2S/c1-12(2)10-13-5-7-15(8-6-13)20(18,19)17-9-3-4-14(17)11-16/h5-8,12,14H,3-4,9-11,16H2,1-2H3. The molecule has 1 aliphatic heterocycles. The van der Waals surface area contributed by atoms with Gasteiger partial charge in [0.2, 0.25) is 10.0 Å².